The molecule has 0 radical (unpaired) electrons. The van der Waals surface area contributed by atoms with Gasteiger partial charge in [0.2, 0.25) is 0 Å². The lowest BCUT2D eigenvalue weighted by atomic mass is 9.97. The van der Waals surface area contributed by atoms with E-state index in [9.17, 15) is 18.3 Å². The third-order valence-corrected chi connectivity index (χ3v) is 7.17. The fourth-order valence-electron chi connectivity index (χ4n) is 3.67. The Balaban J connectivity index is 1.77. The molecule has 1 fully saturated rings. The van der Waals surface area contributed by atoms with Crippen molar-refractivity contribution >= 4 is 23.1 Å². The number of hydrogen-bond acceptors (Lipinski definition) is 7. The van der Waals surface area contributed by atoms with Crippen LogP contribution in [0.4, 0.5) is 13.2 Å². The standard InChI is InChI=1S/C22H21F3N4OS2/c1-13(30)29-10-7-14(8-11-29)20-28-18(15-4-3-5-16(12-15)22(23,24)25)19(32-20)17-6-9-26-21(27-17)31-2/h3-6,9,12,14,30H,1,7-8,10-11H2,2H3. The number of alkyl halides is 3. The number of aliphatic hydroxyl groups is 1. The van der Waals surface area contributed by atoms with E-state index in [2.05, 4.69) is 16.5 Å². The van der Waals surface area contributed by atoms with Crippen LogP contribution in [0.15, 0.2) is 54.1 Å². The smallest absolute Gasteiger partial charge is 0.416 e. The van der Waals surface area contributed by atoms with Gasteiger partial charge in [-0.2, -0.15) is 13.2 Å². The lowest BCUT2D eigenvalue weighted by Crippen LogP contribution is -2.31. The molecule has 3 aromatic rings. The van der Waals surface area contributed by atoms with E-state index >= 15 is 0 Å². The number of thioether (sulfide) groups is 1. The van der Waals surface area contributed by atoms with Crippen LogP contribution >= 0.6 is 23.1 Å². The van der Waals surface area contributed by atoms with Gasteiger partial charge in [-0.1, -0.05) is 23.9 Å². The molecule has 1 aromatic carbocycles. The number of aliphatic hydroxyl groups excluding tert-OH is 1. The van der Waals surface area contributed by atoms with Crippen LogP contribution in [0.3, 0.4) is 0 Å². The summed E-state index contributed by atoms with van der Waals surface area (Å²) in [6, 6.07) is 7.00. The van der Waals surface area contributed by atoms with Crippen LogP contribution in [0.2, 0.25) is 0 Å². The van der Waals surface area contributed by atoms with Crippen molar-refractivity contribution in [2.75, 3.05) is 19.3 Å². The van der Waals surface area contributed by atoms with Crippen molar-refractivity contribution in [1.82, 2.24) is 19.9 Å². The molecule has 1 N–H and O–H groups in total. The van der Waals surface area contributed by atoms with Gasteiger partial charge in [0, 0.05) is 30.8 Å². The van der Waals surface area contributed by atoms with Crippen molar-refractivity contribution < 1.29 is 18.3 Å². The average Bonchev–Trinajstić information content (AvgIpc) is 3.24. The van der Waals surface area contributed by atoms with Crippen LogP contribution in [0.1, 0.15) is 29.3 Å². The lowest BCUT2D eigenvalue weighted by Gasteiger charge is -2.31. The highest BCUT2D eigenvalue weighted by atomic mass is 32.2. The third-order valence-electron chi connectivity index (χ3n) is 5.36. The number of halogens is 3. The number of nitrogens with zero attached hydrogens (tertiary/aromatic N) is 4. The van der Waals surface area contributed by atoms with E-state index in [1.807, 2.05) is 11.2 Å². The summed E-state index contributed by atoms with van der Waals surface area (Å²) in [4.78, 5) is 16.1. The third kappa shape index (κ3) is 4.75. The molecule has 0 aliphatic carbocycles. The zero-order valence-corrected chi connectivity index (χ0v) is 18.9. The summed E-state index contributed by atoms with van der Waals surface area (Å²) in [6.07, 6.45) is 0.626. The predicted octanol–water partition coefficient (Wildman–Crippen LogP) is 6.22. The van der Waals surface area contributed by atoms with Crippen LogP contribution in [0.5, 0.6) is 0 Å². The Bertz CT molecular complexity index is 1120. The Kier molecular flexibility index (Phi) is 6.43. The van der Waals surface area contributed by atoms with Crippen molar-refractivity contribution in [2.24, 2.45) is 0 Å². The predicted molar refractivity (Wildman–Crippen MR) is 121 cm³/mol. The number of benzene rings is 1. The second kappa shape index (κ2) is 9.11. The molecule has 5 nitrogen and oxygen atoms in total. The second-order valence-electron chi connectivity index (χ2n) is 7.41. The molecule has 2 aromatic heterocycles. The van der Waals surface area contributed by atoms with Crippen LogP contribution in [0, 0.1) is 0 Å². The van der Waals surface area contributed by atoms with Gasteiger partial charge >= 0.3 is 6.18 Å². The minimum Gasteiger partial charge on any atom is -0.495 e. The number of likely N-dealkylation sites (tertiary alicyclic amines) is 1. The molecule has 0 bridgehead atoms. The Morgan fingerprint density at radius 3 is 2.62 bits per heavy atom. The maximum absolute atomic E-state index is 13.3. The number of thiazole rings is 1. The van der Waals surface area contributed by atoms with Crippen molar-refractivity contribution in [2.45, 2.75) is 30.1 Å². The fourth-order valence-corrected chi connectivity index (χ4v) is 5.26. The Labute approximate surface area is 192 Å². The van der Waals surface area contributed by atoms with E-state index in [1.54, 1.807) is 18.3 Å². The Hall–Kier alpha value is -2.59. The van der Waals surface area contributed by atoms with Crippen LogP contribution in [0.25, 0.3) is 21.8 Å². The highest BCUT2D eigenvalue weighted by Gasteiger charge is 2.31. The zero-order valence-electron chi connectivity index (χ0n) is 17.3. The summed E-state index contributed by atoms with van der Waals surface area (Å²) in [5.74, 6) is 0.203. The topological polar surface area (TPSA) is 62.1 Å². The lowest BCUT2D eigenvalue weighted by molar-refractivity contribution is -0.137. The molecule has 10 heteroatoms. The van der Waals surface area contributed by atoms with E-state index in [-0.39, 0.29) is 11.8 Å². The zero-order chi connectivity index (χ0) is 22.9. The Morgan fingerprint density at radius 1 is 1.22 bits per heavy atom. The minimum atomic E-state index is -4.44. The number of rotatable bonds is 5. The summed E-state index contributed by atoms with van der Waals surface area (Å²) in [5, 5.41) is 11.1. The number of piperidine rings is 1. The van der Waals surface area contributed by atoms with Gasteiger partial charge in [0.25, 0.3) is 0 Å². The molecule has 4 rings (SSSR count). The molecule has 0 unspecified atom stereocenters. The molecule has 0 amide bonds. The summed E-state index contributed by atoms with van der Waals surface area (Å²) in [7, 11) is 0. The van der Waals surface area contributed by atoms with Crippen LogP contribution in [-0.4, -0.2) is 44.3 Å². The first kappa shape index (κ1) is 22.6. The SMILES string of the molecule is C=C(O)N1CCC(c2nc(-c3cccc(C(F)(F)F)c3)c(-c3ccnc(SC)n3)s2)CC1. The van der Waals surface area contributed by atoms with Crippen molar-refractivity contribution in [1.29, 1.82) is 0 Å². The van der Waals surface area contributed by atoms with E-state index < -0.39 is 11.7 Å². The highest BCUT2D eigenvalue weighted by molar-refractivity contribution is 7.98. The van der Waals surface area contributed by atoms with Gasteiger partial charge in [-0.05, 0) is 43.9 Å². The molecule has 168 valence electrons. The molecular weight excluding hydrogens is 457 g/mol. The van der Waals surface area contributed by atoms with Gasteiger partial charge in [-0.15, -0.1) is 11.3 Å². The molecular formula is C22H21F3N4OS2. The van der Waals surface area contributed by atoms with Gasteiger partial charge in [0.05, 0.1) is 26.8 Å². The fraction of sp³-hybridized carbons (Fsp3) is 0.318. The Morgan fingerprint density at radius 2 is 1.97 bits per heavy atom. The summed E-state index contributed by atoms with van der Waals surface area (Å²) in [6.45, 7) is 4.88. The molecule has 1 aliphatic rings. The first-order chi connectivity index (χ1) is 15.3. The summed E-state index contributed by atoms with van der Waals surface area (Å²) < 4.78 is 40.0. The van der Waals surface area contributed by atoms with Gasteiger partial charge < -0.3 is 10.0 Å². The van der Waals surface area contributed by atoms with E-state index in [0.29, 0.717) is 35.2 Å². The number of aromatic nitrogens is 3. The van der Waals surface area contributed by atoms with Gasteiger partial charge in [-0.25, -0.2) is 15.0 Å². The number of hydrogen-bond donors (Lipinski definition) is 1. The van der Waals surface area contributed by atoms with Gasteiger partial charge in [-0.3, -0.25) is 0 Å². The molecule has 1 saturated heterocycles. The quantitative estimate of drug-likeness (QED) is 0.267. The maximum Gasteiger partial charge on any atom is 0.416 e. The monoisotopic (exact) mass is 478 g/mol. The summed E-state index contributed by atoms with van der Waals surface area (Å²) >= 11 is 2.86. The summed E-state index contributed by atoms with van der Waals surface area (Å²) in [5.41, 5.74) is 0.832. The largest absolute Gasteiger partial charge is 0.495 e. The van der Waals surface area contributed by atoms with E-state index in [1.165, 1.54) is 29.2 Å². The maximum atomic E-state index is 13.3. The van der Waals surface area contributed by atoms with Crippen molar-refractivity contribution in [3.8, 4) is 21.8 Å². The van der Waals surface area contributed by atoms with Gasteiger partial charge in [0.1, 0.15) is 0 Å². The highest BCUT2D eigenvalue weighted by Crippen LogP contribution is 2.42. The minimum absolute atomic E-state index is 0.0542. The molecule has 0 atom stereocenters. The molecule has 1 aliphatic heterocycles. The van der Waals surface area contributed by atoms with E-state index in [0.717, 1.165) is 34.9 Å². The van der Waals surface area contributed by atoms with Crippen molar-refractivity contribution in [3.05, 3.63) is 59.6 Å². The molecule has 3 heterocycles. The average molecular weight is 479 g/mol. The van der Waals surface area contributed by atoms with Crippen LogP contribution < -0.4 is 0 Å². The first-order valence-electron chi connectivity index (χ1n) is 9.95. The molecule has 0 spiro atoms. The molecule has 32 heavy (non-hydrogen) atoms. The normalized spacial score (nSPS) is 15.2. The van der Waals surface area contributed by atoms with Gasteiger partial charge in [0.15, 0.2) is 11.0 Å². The molecule has 0 saturated carbocycles. The van der Waals surface area contributed by atoms with Crippen LogP contribution in [-0.2, 0) is 6.18 Å². The second-order valence-corrected chi connectivity index (χ2v) is 9.22. The van der Waals surface area contributed by atoms with Crippen molar-refractivity contribution in [3.63, 3.8) is 0 Å². The van der Waals surface area contributed by atoms with E-state index in [4.69, 9.17) is 4.98 Å². The first-order valence-corrected chi connectivity index (χ1v) is 12.0.